The summed E-state index contributed by atoms with van der Waals surface area (Å²) in [6, 6.07) is 17.1. The van der Waals surface area contributed by atoms with Crippen LogP contribution in [0.25, 0.3) is 11.0 Å². The predicted octanol–water partition coefficient (Wildman–Crippen LogP) is 1.97. The zero-order chi connectivity index (χ0) is 16.1. The van der Waals surface area contributed by atoms with Gasteiger partial charge in [-0.3, -0.25) is 4.79 Å². The molecule has 1 atom stereocenters. The van der Waals surface area contributed by atoms with Crippen LogP contribution in [0, 0.1) is 0 Å². The van der Waals surface area contributed by atoms with Crippen LogP contribution in [-0.2, 0) is 17.9 Å². The number of rotatable bonds is 6. The standard InChI is InChI=1S/C18H18N2O3/c21-15(13-23-12-14-6-2-1-3-7-14)11-20-17-9-5-4-8-16(17)19-10-18(20)22/h1-10,15,21H,11-13H2. The molecule has 0 amide bonds. The average Bonchev–Trinajstić information content (AvgIpc) is 2.58. The van der Waals surface area contributed by atoms with Gasteiger partial charge in [-0.2, -0.15) is 0 Å². The zero-order valence-electron chi connectivity index (χ0n) is 12.6. The van der Waals surface area contributed by atoms with Crippen LogP contribution < -0.4 is 5.56 Å². The molecule has 0 saturated heterocycles. The van der Waals surface area contributed by atoms with E-state index >= 15 is 0 Å². The highest BCUT2D eigenvalue weighted by atomic mass is 16.5. The molecular formula is C18H18N2O3. The van der Waals surface area contributed by atoms with Gasteiger partial charge in [0.05, 0.1) is 43.1 Å². The van der Waals surface area contributed by atoms with Crippen LogP contribution in [0.15, 0.2) is 65.6 Å². The molecule has 5 nitrogen and oxygen atoms in total. The minimum atomic E-state index is -0.762. The fourth-order valence-electron chi connectivity index (χ4n) is 2.45. The number of nitrogens with zero attached hydrogens (tertiary/aromatic N) is 2. The first kappa shape index (κ1) is 15.4. The van der Waals surface area contributed by atoms with Crippen molar-refractivity contribution in [2.45, 2.75) is 19.3 Å². The van der Waals surface area contributed by atoms with Gasteiger partial charge in [0.25, 0.3) is 5.56 Å². The van der Waals surface area contributed by atoms with Crippen LogP contribution in [0.1, 0.15) is 5.56 Å². The number of aromatic nitrogens is 2. The molecule has 0 aliphatic carbocycles. The fraction of sp³-hybridized carbons (Fsp3) is 0.222. The van der Waals surface area contributed by atoms with Gasteiger partial charge in [0.1, 0.15) is 0 Å². The van der Waals surface area contributed by atoms with E-state index in [1.807, 2.05) is 54.6 Å². The summed E-state index contributed by atoms with van der Waals surface area (Å²) in [5, 5.41) is 10.2. The number of aliphatic hydroxyl groups excluding tert-OH is 1. The van der Waals surface area contributed by atoms with Gasteiger partial charge < -0.3 is 14.4 Å². The Morgan fingerprint density at radius 3 is 2.65 bits per heavy atom. The van der Waals surface area contributed by atoms with Crippen molar-refractivity contribution in [3.63, 3.8) is 0 Å². The third-order valence-electron chi connectivity index (χ3n) is 3.57. The van der Waals surface area contributed by atoms with Crippen molar-refractivity contribution in [3.8, 4) is 0 Å². The number of benzene rings is 2. The third-order valence-corrected chi connectivity index (χ3v) is 3.57. The van der Waals surface area contributed by atoms with Crippen molar-refractivity contribution in [1.82, 2.24) is 9.55 Å². The van der Waals surface area contributed by atoms with Crippen molar-refractivity contribution in [1.29, 1.82) is 0 Å². The van der Waals surface area contributed by atoms with E-state index in [1.54, 1.807) is 0 Å². The second-order valence-corrected chi connectivity index (χ2v) is 5.35. The number of para-hydroxylation sites is 2. The molecule has 1 aromatic heterocycles. The van der Waals surface area contributed by atoms with E-state index in [1.165, 1.54) is 10.8 Å². The Hall–Kier alpha value is -2.50. The van der Waals surface area contributed by atoms with Gasteiger partial charge >= 0.3 is 0 Å². The minimum absolute atomic E-state index is 0.165. The quantitative estimate of drug-likeness (QED) is 0.756. The van der Waals surface area contributed by atoms with Crippen LogP contribution in [0.2, 0.25) is 0 Å². The molecule has 0 spiro atoms. The highest BCUT2D eigenvalue weighted by Crippen LogP contribution is 2.09. The number of hydrogen-bond acceptors (Lipinski definition) is 4. The van der Waals surface area contributed by atoms with E-state index in [4.69, 9.17) is 4.74 Å². The van der Waals surface area contributed by atoms with E-state index in [2.05, 4.69) is 4.98 Å². The Bertz CT molecular complexity index is 830. The molecule has 0 saturated carbocycles. The summed E-state index contributed by atoms with van der Waals surface area (Å²) in [7, 11) is 0. The van der Waals surface area contributed by atoms with E-state index in [0.717, 1.165) is 11.1 Å². The molecule has 1 unspecified atom stereocenters. The highest BCUT2D eigenvalue weighted by molar-refractivity contribution is 5.74. The van der Waals surface area contributed by atoms with Crippen molar-refractivity contribution >= 4 is 11.0 Å². The normalized spacial score (nSPS) is 12.4. The van der Waals surface area contributed by atoms with Crippen LogP contribution in [0.3, 0.4) is 0 Å². The van der Waals surface area contributed by atoms with Gasteiger partial charge in [0.2, 0.25) is 0 Å². The maximum Gasteiger partial charge on any atom is 0.269 e. The summed E-state index contributed by atoms with van der Waals surface area (Å²) in [5.41, 5.74) is 2.25. The van der Waals surface area contributed by atoms with Crippen LogP contribution in [-0.4, -0.2) is 27.4 Å². The minimum Gasteiger partial charge on any atom is -0.389 e. The monoisotopic (exact) mass is 310 g/mol. The first-order chi connectivity index (χ1) is 11.2. The molecule has 1 heterocycles. The summed E-state index contributed by atoms with van der Waals surface area (Å²) >= 11 is 0. The topological polar surface area (TPSA) is 64.4 Å². The Morgan fingerprint density at radius 2 is 1.83 bits per heavy atom. The molecule has 3 aromatic rings. The first-order valence-electron chi connectivity index (χ1n) is 7.48. The lowest BCUT2D eigenvalue weighted by molar-refractivity contribution is 0.0205. The Morgan fingerprint density at radius 1 is 1.09 bits per heavy atom. The number of aliphatic hydroxyl groups is 1. The van der Waals surface area contributed by atoms with Crippen molar-refractivity contribution < 1.29 is 9.84 Å². The van der Waals surface area contributed by atoms with Gasteiger partial charge in [0.15, 0.2) is 0 Å². The van der Waals surface area contributed by atoms with Crippen LogP contribution >= 0.6 is 0 Å². The molecule has 2 aromatic carbocycles. The number of hydrogen-bond donors (Lipinski definition) is 1. The smallest absolute Gasteiger partial charge is 0.269 e. The average molecular weight is 310 g/mol. The molecule has 0 fully saturated rings. The Balaban J connectivity index is 1.65. The summed E-state index contributed by atoms with van der Waals surface area (Å²) < 4.78 is 7.05. The fourth-order valence-corrected chi connectivity index (χ4v) is 2.45. The number of ether oxygens (including phenoxy) is 1. The summed E-state index contributed by atoms with van der Waals surface area (Å²) in [4.78, 5) is 16.1. The lowest BCUT2D eigenvalue weighted by Crippen LogP contribution is -2.29. The molecule has 3 rings (SSSR count). The highest BCUT2D eigenvalue weighted by Gasteiger charge is 2.10. The second kappa shape index (κ2) is 7.17. The summed E-state index contributed by atoms with van der Waals surface area (Å²) in [6.07, 6.45) is 0.516. The van der Waals surface area contributed by atoms with Crippen LogP contribution in [0.4, 0.5) is 0 Å². The lowest BCUT2D eigenvalue weighted by atomic mass is 10.2. The second-order valence-electron chi connectivity index (χ2n) is 5.35. The van der Waals surface area contributed by atoms with Crippen molar-refractivity contribution in [2.24, 2.45) is 0 Å². The lowest BCUT2D eigenvalue weighted by Gasteiger charge is -2.15. The van der Waals surface area contributed by atoms with Gasteiger partial charge in [0, 0.05) is 0 Å². The van der Waals surface area contributed by atoms with Gasteiger partial charge in [-0.1, -0.05) is 42.5 Å². The van der Waals surface area contributed by atoms with E-state index in [0.29, 0.717) is 12.1 Å². The molecule has 0 aliphatic rings. The van der Waals surface area contributed by atoms with Gasteiger partial charge in [-0.05, 0) is 17.7 Å². The van der Waals surface area contributed by atoms with Gasteiger partial charge in [-0.15, -0.1) is 0 Å². The molecule has 0 bridgehead atoms. The van der Waals surface area contributed by atoms with Crippen LogP contribution in [0.5, 0.6) is 0 Å². The van der Waals surface area contributed by atoms with E-state index < -0.39 is 6.10 Å². The van der Waals surface area contributed by atoms with E-state index in [9.17, 15) is 9.90 Å². The van der Waals surface area contributed by atoms with Gasteiger partial charge in [-0.25, -0.2) is 4.98 Å². The zero-order valence-corrected chi connectivity index (χ0v) is 12.6. The third kappa shape index (κ3) is 3.83. The molecular weight excluding hydrogens is 292 g/mol. The molecule has 5 heteroatoms. The van der Waals surface area contributed by atoms with Crippen molar-refractivity contribution in [3.05, 3.63) is 76.7 Å². The predicted molar refractivity (Wildman–Crippen MR) is 88.1 cm³/mol. The molecule has 0 aliphatic heterocycles. The largest absolute Gasteiger partial charge is 0.389 e. The Labute approximate surface area is 133 Å². The van der Waals surface area contributed by atoms with E-state index in [-0.39, 0.29) is 18.7 Å². The molecule has 118 valence electrons. The first-order valence-corrected chi connectivity index (χ1v) is 7.48. The molecule has 1 N–H and O–H groups in total. The maximum absolute atomic E-state index is 12.0. The summed E-state index contributed by atoms with van der Waals surface area (Å²) in [5.74, 6) is 0. The number of fused-ring (bicyclic) bond motifs is 1. The summed E-state index contributed by atoms with van der Waals surface area (Å²) in [6.45, 7) is 0.776. The SMILES string of the molecule is O=c1cnc2ccccc2n1CC(O)COCc1ccccc1. The molecule has 23 heavy (non-hydrogen) atoms. The van der Waals surface area contributed by atoms with Crippen molar-refractivity contribution in [2.75, 3.05) is 6.61 Å². The maximum atomic E-state index is 12.0. The Kier molecular flexibility index (Phi) is 4.80. The molecule has 0 radical (unpaired) electrons.